The second-order valence-electron chi connectivity index (χ2n) is 2.89. The van der Waals surface area contributed by atoms with E-state index in [9.17, 15) is 4.79 Å². The summed E-state index contributed by atoms with van der Waals surface area (Å²) in [5, 5.41) is 0. The number of rotatable bonds is 2. The quantitative estimate of drug-likeness (QED) is 0.592. The third-order valence-electron chi connectivity index (χ3n) is 2.02. The van der Waals surface area contributed by atoms with Gasteiger partial charge in [0.15, 0.2) is 0 Å². The van der Waals surface area contributed by atoms with Gasteiger partial charge in [-0.15, -0.1) is 0 Å². The summed E-state index contributed by atoms with van der Waals surface area (Å²) in [6, 6.07) is 3.97. The molecular formula is C10H10BrIO2. The number of hydrogen-bond donors (Lipinski definition) is 0. The maximum Gasteiger partial charge on any atom is 0.310 e. The standard InChI is InChI=1S/C10H10BrIO2/c1-6-7(5-10(13)14-2)8(11)3-4-9(6)12/h3-4H,5H2,1-2H3. The van der Waals surface area contributed by atoms with Crippen molar-refractivity contribution in [2.24, 2.45) is 0 Å². The molecule has 0 aliphatic heterocycles. The Morgan fingerprint density at radius 2 is 2.21 bits per heavy atom. The lowest BCUT2D eigenvalue weighted by atomic mass is 10.1. The highest BCUT2D eigenvalue weighted by molar-refractivity contribution is 14.1. The summed E-state index contributed by atoms with van der Waals surface area (Å²) in [7, 11) is 1.40. The van der Waals surface area contributed by atoms with Crippen molar-refractivity contribution in [1.82, 2.24) is 0 Å². The molecule has 76 valence electrons. The number of halogens is 2. The first-order chi connectivity index (χ1) is 6.56. The average molecular weight is 369 g/mol. The lowest BCUT2D eigenvalue weighted by molar-refractivity contribution is -0.139. The fourth-order valence-corrected chi connectivity index (χ4v) is 2.20. The van der Waals surface area contributed by atoms with E-state index in [0.29, 0.717) is 6.42 Å². The number of esters is 1. The largest absolute Gasteiger partial charge is 0.469 e. The normalized spacial score (nSPS) is 10.0. The predicted octanol–water partition coefficient (Wildman–Crippen LogP) is 3.08. The van der Waals surface area contributed by atoms with Gasteiger partial charge in [-0.25, -0.2) is 0 Å². The molecule has 0 unspecified atom stereocenters. The van der Waals surface area contributed by atoms with E-state index < -0.39 is 0 Å². The number of benzene rings is 1. The Balaban J connectivity index is 3.06. The van der Waals surface area contributed by atoms with Gasteiger partial charge in [-0.3, -0.25) is 4.79 Å². The molecule has 0 aliphatic carbocycles. The molecule has 4 heteroatoms. The third-order valence-corrected chi connectivity index (χ3v) is 3.94. The zero-order valence-electron chi connectivity index (χ0n) is 7.93. The monoisotopic (exact) mass is 368 g/mol. The Morgan fingerprint density at radius 1 is 1.57 bits per heavy atom. The van der Waals surface area contributed by atoms with Crippen LogP contribution >= 0.6 is 38.5 Å². The molecule has 0 radical (unpaired) electrons. The molecule has 0 saturated heterocycles. The fourth-order valence-electron chi connectivity index (χ4n) is 1.13. The number of carbonyl (C=O) groups excluding carboxylic acids is 1. The summed E-state index contributed by atoms with van der Waals surface area (Å²) < 4.78 is 6.76. The number of hydrogen-bond acceptors (Lipinski definition) is 2. The SMILES string of the molecule is COC(=O)Cc1c(Br)ccc(I)c1C. The first-order valence-electron chi connectivity index (χ1n) is 4.06. The molecule has 0 atom stereocenters. The molecular weight excluding hydrogens is 359 g/mol. The van der Waals surface area contributed by atoms with Crippen molar-refractivity contribution in [2.75, 3.05) is 7.11 Å². The van der Waals surface area contributed by atoms with Crippen LogP contribution in [-0.2, 0) is 16.0 Å². The molecule has 0 heterocycles. The van der Waals surface area contributed by atoms with E-state index in [1.807, 2.05) is 19.1 Å². The highest BCUT2D eigenvalue weighted by atomic mass is 127. The van der Waals surface area contributed by atoms with E-state index in [2.05, 4.69) is 43.3 Å². The Kier molecular flexibility index (Phi) is 4.37. The first-order valence-corrected chi connectivity index (χ1v) is 5.93. The maximum atomic E-state index is 11.2. The highest BCUT2D eigenvalue weighted by Crippen LogP contribution is 2.25. The van der Waals surface area contributed by atoms with E-state index >= 15 is 0 Å². The predicted molar refractivity (Wildman–Crippen MR) is 67.3 cm³/mol. The van der Waals surface area contributed by atoms with Crippen LogP contribution < -0.4 is 0 Å². The topological polar surface area (TPSA) is 26.3 Å². The Bertz CT molecular complexity index is 363. The van der Waals surface area contributed by atoms with E-state index in [0.717, 1.165) is 19.2 Å². The van der Waals surface area contributed by atoms with E-state index in [1.54, 1.807) is 0 Å². The first kappa shape index (κ1) is 12.0. The van der Waals surface area contributed by atoms with Crippen LogP contribution in [0.25, 0.3) is 0 Å². The minimum atomic E-state index is -0.212. The zero-order chi connectivity index (χ0) is 10.7. The summed E-state index contributed by atoms with van der Waals surface area (Å²) in [5.41, 5.74) is 2.13. The second kappa shape index (κ2) is 5.11. The van der Waals surface area contributed by atoms with Crippen molar-refractivity contribution in [3.63, 3.8) is 0 Å². The van der Waals surface area contributed by atoms with Crippen LogP contribution in [0.3, 0.4) is 0 Å². The van der Waals surface area contributed by atoms with Crippen LogP contribution in [0.15, 0.2) is 16.6 Å². The molecule has 1 rings (SSSR count). The highest BCUT2D eigenvalue weighted by Gasteiger charge is 2.11. The zero-order valence-corrected chi connectivity index (χ0v) is 11.7. The van der Waals surface area contributed by atoms with Crippen molar-refractivity contribution in [1.29, 1.82) is 0 Å². The molecule has 0 amide bonds. The molecule has 0 spiro atoms. The molecule has 2 nitrogen and oxygen atoms in total. The van der Waals surface area contributed by atoms with Gasteiger partial charge < -0.3 is 4.74 Å². The van der Waals surface area contributed by atoms with Gasteiger partial charge in [-0.1, -0.05) is 15.9 Å². The van der Waals surface area contributed by atoms with Crippen LogP contribution in [-0.4, -0.2) is 13.1 Å². The molecule has 0 fully saturated rings. The number of carbonyl (C=O) groups is 1. The van der Waals surface area contributed by atoms with Crippen molar-refractivity contribution >= 4 is 44.5 Å². The van der Waals surface area contributed by atoms with Gasteiger partial charge in [-0.2, -0.15) is 0 Å². The summed E-state index contributed by atoms with van der Waals surface area (Å²) in [4.78, 5) is 11.2. The van der Waals surface area contributed by atoms with Gasteiger partial charge in [0, 0.05) is 8.04 Å². The summed E-state index contributed by atoms with van der Waals surface area (Å²) >= 11 is 5.68. The smallest absolute Gasteiger partial charge is 0.310 e. The Morgan fingerprint density at radius 3 is 2.79 bits per heavy atom. The maximum absolute atomic E-state index is 11.2. The van der Waals surface area contributed by atoms with E-state index in [-0.39, 0.29) is 5.97 Å². The Labute approximate surface area is 105 Å². The molecule has 0 aromatic heterocycles. The van der Waals surface area contributed by atoms with Gasteiger partial charge >= 0.3 is 5.97 Å². The molecule has 0 saturated carbocycles. The van der Waals surface area contributed by atoms with Crippen LogP contribution in [0.5, 0.6) is 0 Å². The average Bonchev–Trinajstić information content (AvgIpc) is 2.18. The van der Waals surface area contributed by atoms with Crippen LogP contribution in [0.4, 0.5) is 0 Å². The van der Waals surface area contributed by atoms with Crippen molar-refractivity contribution in [3.05, 3.63) is 31.3 Å². The fraction of sp³-hybridized carbons (Fsp3) is 0.300. The lowest BCUT2D eigenvalue weighted by Crippen LogP contribution is -2.07. The summed E-state index contributed by atoms with van der Waals surface area (Å²) in [6.07, 6.45) is 0.319. The molecule has 1 aromatic rings. The molecule has 14 heavy (non-hydrogen) atoms. The number of methoxy groups -OCH3 is 1. The van der Waals surface area contributed by atoms with Crippen molar-refractivity contribution in [2.45, 2.75) is 13.3 Å². The third kappa shape index (κ3) is 2.70. The minimum Gasteiger partial charge on any atom is -0.469 e. The molecule has 0 N–H and O–H groups in total. The van der Waals surface area contributed by atoms with Crippen molar-refractivity contribution < 1.29 is 9.53 Å². The van der Waals surface area contributed by atoms with Gasteiger partial charge in [-0.05, 0) is 52.8 Å². The number of ether oxygens (including phenoxy) is 1. The van der Waals surface area contributed by atoms with Gasteiger partial charge in [0.2, 0.25) is 0 Å². The van der Waals surface area contributed by atoms with Crippen LogP contribution in [0.2, 0.25) is 0 Å². The second-order valence-corrected chi connectivity index (χ2v) is 4.90. The van der Waals surface area contributed by atoms with E-state index in [4.69, 9.17) is 0 Å². The minimum absolute atomic E-state index is 0.212. The summed E-state index contributed by atoms with van der Waals surface area (Å²) in [6.45, 7) is 2.00. The van der Waals surface area contributed by atoms with Gasteiger partial charge in [0.1, 0.15) is 0 Å². The molecule has 1 aromatic carbocycles. The van der Waals surface area contributed by atoms with Crippen LogP contribution in [0.1, 0.15) is 11.1 Å². The Hall–Kier alpha value is -0.100. The van der Waals surface area contributed by atoms with Crippen LogP contribution in [0, 0.1) is 10.5 Å². The van der Waals surface area contributed by atoms with E-state index in [1.165, 1.54) is 7.11 Å². The van der Waals surface area contributed by atoms with Gasteiger partial charge in [0.25, 0.3) is 0 Å². The molecule has 0 bridgehead atoms. The molecule has 0 aliphatic rings. The lowest BCUT2D eigenvalue weighted by Gasteiger charge is -2.08. The van der Waals surface area contributed by atoms with Gasteiger partial charge in [0.05, 0.1) is 13.5 Å². The van der Waals surface area contributed by atoms with Crippen molar-refractivity contribution in [3.8, 4) is 0 Å². The summed E-state index contributed by atoms with van der Waals surface area (Å²) in [5.74, 6) is -0.212.